The van der Waals surface area contributed by atoms with Crippen molar-refractivity contribution in [3.05, 3.63) is 86.8 Å². The fourth-order valence-electron chi connectivity index (χ4n) is 3.39. The van der Waals surface area contributed by atoms with E-state index in [1.807, 2.05) is 18.2 Å². The molecule has 2 heterocycles. The summed E-state index contributed by atoms with van der Waals surface area (Å²) in [7, 11) is 0. The Morgan fingerprint density at radius 3 is 2.73 bits per heavy atom. The number of aromatic nitrogens is 2. The van der Waals surface area contributed by atoms with E-state index in [9.17, 15) is 9.59 Å². The van der Waals surface area contributed by atoms with Crippen molar-refractivity contribution in [3.8, 4) is 0 Å². The summed E-state index contributed by atoms with van der Waals surface area (Å²) < 4.78 is 0. The van der Waals surface area contributed by atoms with Gasteiger partial charge in [0.25, 0.3) is 5.56 Å². The lowest BCUT2D eigenvalue weighted by atomic mass is 10.1. The molecule has 30 heavy (non-hydrogen) atoms. The van der Waals surface area contributed by atoms with Crippen LogP contribution in [0.1, 0.15) is 16.8 Å². The molecule has 154 valence electrons. The summed E-state index contributed by atoms with van der Waals surface area (Å²) in [6.45, 7) is 2.22. The maximum absolute atomic E-state index is 12.6. The highest BCUT2D eigenvalue weighted by Gasteiger charge is 2.21. The van der Waals surface area contributed by atoms with E-state index < -0.39 is 0 Å². The lowest BCUT2D eigenvalue weighted by Crippen LogP contribution is -2.35. The SMILES string of the molecule is O=C(CSc1nc2c(c(=O)[nH]1)CN(Cc1ccccc1)CC2)Nc1ccccc1Cl. The van der Waals surface area contributed by atoms with E-state index in [0.29, 0.717) is 34.4 Å². The summed E-state index contributed by atoms with van der Waals surface area (Å²) in [6, 6.07) is 17.3. The number of amides is 1. The Hall–Kier alpha value is -2.61. The van der Waals surface area contributed by atoms with Crippen molar-refractivity contribution < 1.29 is 4.79 Å². The Morgan fingerprint density at radius 1 is 1.17 bits per heavy atom. The van der Waals surface area contributed by atoms with E-state index >= 15 is 0 Å². The minimum absolute atomic E-state index is 0.132. The molecule has 0 radical (unpaired) electrons. The maximum atomic E-state index is 12.6. The number of anilines is 1. The Morgan fingerprint density at radius 2 is 1.93 bits per heavy atom. The zero-order valence-corrected chi connectivity index (χ0v) is 17.8. The van der Waals surface area contributed by atoms with Crippen LogP contribution in [0.2, 0.25) is 5.02 Å². The fourth-order valence-corrected chi connectivity index (χ4v) is 4.25. The van der Waals surface area contributed by atoms with Crippen LogP contribution in [-0.4, -0.2) is 33.1 Å². The van der Waals surface area contributed by atoms with Crippen LogP contribution >= 0.6 is 23.4 Å². The van der Waals surface area contributed by atoms with E-state index in [1.54, 1.807) is 24.3 Å². The molecule has 0 bridgehead atoms. The Balaban J connectivity index is 1.38. The molecular formula is C22H21ClN4O2S. The molecule has 0 unspecified atom stereocenters. The number of thioether (sulfide) groups is 1. The molecule has 6 nitrogen and oxygen atoms in total. The van der Waals surface area contributed by atoms with E-state index in [2.05, 4.69) is 32.3 Å². The minimum atomic E-state index is -0.206. The Labute approximate surface area is 183 Å². The van der Waals surface area contributed by atoms with E-state index in [0.717, 1.165) is 18.8 Å². The number of halogens is 1. The van der Waals surface area contributed by atoms with Gasteiger partial charge in [0.2, 0.25) is 5.91 Å². The van der Waals surface area contributed by atoms with Crippen LogP contribution in [0.3, 0.4) is 0 Å². The van der Waals surface area contributed by atoms with Crippen molar-refractivity contribution in [1.82, 2.24) is 14.9 Å². The average molecular weight is 441 g/mol. The molecule has 0 aliphatic carbocycles. The molecule has 0 saturated carbocycles. The van der Waals surface area contributed by atoms with Gasteiger partial charge < -0.3 is 10.3 Å². The molecule has 0 spiro atoms. The third-order valence-corrected chi connectivity index (χ3v) is 6.07. The van der Waals surface area contributed by atoms with E-state index in [-0.39, 0.29) is 17.2 Å². The number of rotatable bonds is 6. The Kier molecular flexibility index (Phi) is 6.52. The second kappa shape index (κ2) is 9.47. The zero-order chi connectivity index (χ0) is 20.9. The van der Waals surface area contributed by atoms with Crippen molar-refractivity contribution in [2.75, 3.05) is 17.6 Å². The van der Waals surface area contributed by atoms with Crippen molar-refractivity contribution in [3.63, 3.8) is 0 Å². The first-order valence-electron chi connectivity index (χ1n) is 9.64. The van der Waals surface area contributed by atoms with Crippen LogP contribution in [0.25, 0.3) is 0 Å². The first-order valence-corrected chi connectivity index (χ1v) is 11.0. The molecule has 3 aromatic rings. The number of aromatic amines is 1. The number of H-pyrrole nitrogens is 1. The number of nitrogens with zero attached hydrogens (tertiary/aromatic N) is 2. The standard InChI is InChI=1S/C22H21ClN4O2S/c23-17-8-4-5-9-19(17)24-20(28)14-30-22-25-18-10-11-27(13-16(18)21(29)26-22)12-15-6-2-1-3-7-15/h1-9H,10-14H2,(H,24,28)(H,25,26,29). The highest BCUT2D eigenvalue weighted by Crippen LogP contribution is 2.22. The van der Waals surface area contributed by atoms with Crippen LogP contribution in [0.15, 0.2) is 64.5 Å². The number of carbonyl (C=O) groups is 1. The largest absolute Gasteiger partial charge is 0.324 e. The third-order valence-electron chi connectivity index (χ3n) is 4.86. The van der Waals surface area contributed by atoms with Gasteiger partial charge >= 0.3 is 0 Å². The number of benzene rings is 2. The fraction of sp³-hybridized carbons (Fsp3) is 0.227. The maximum Gasteiger partial charge on any atom is 0.256 e. The lowest BCUT2D eigenvalue weighted by Gasteiger charge is -2.27. The second-order valence-corrected chi connectivity index (χ2v) is 8.43. The molecule has 0 fully saturated rings. The molecule has 1 aliphatic heterocycles. The van der Waals surface area contributed by atoms with Crippen LogP contribution < -0.4 is 10.9 Å². The summed E-state index contributed by atoms with van der Waals surface area (Å²) in [4.78, 5) is 34.5. The van der Waals surface area contributed by atoms with Gasteiger partial charge in [-0.2, -0.15) is 0 Å². The predicted molar refractivity (Wildman–Crippen MR) is 120 cm³/mol. The van der Waals surface area contributed by atoms with Gasteiger partial charge in [-0.3, -0.25) is 14.5 Å². The molecule has 0 atom stereocenters. The second-order valence-electron chi connectivity index (χ2n) is 7.06. The molecule has 8 heteroatoms. The molecule has 4 rings (SSSR count). The number of fused-ring (bicyclic) bond motifs is 1. The molecule has 0 saturated heterocycles. The summed E-state index contributed by atoms with van der Waals surface area (Å²) >= 11 is 7.27. The Bertz CT molecular complexity index is 1100. The van der Waals surface area contributed by atoms with Gasteiger partial charge in [-0.15, -0.1) is 0 Å². The summed E-state index contributed by atoms with van der Waals surface area (Å²) in [5.41, 5.74) is 3.18. The van der Waals surface area contributed by atoms with Gasteiger partial charge in [0, 0.05) is 26.1 Å². The first kappa shape index (κ1) is 20.7. The number of para-hydroxylation sites is 1. The topological polar surface area (TPSA) is 78.1 Å². The van der Waals surface area contributed by atoms with Gasteiger partial charge in [0.05, 0.1) is 27.7 Å². The normalized spacial score (nSPS) is 13.6. The summed E-state index contributed by atoms with van der Waals surface area (Å²) in [6.07, 6.45) is 0.714. The molecule has 1 aromatic heterocycles. The van der Waals surface area contributed by atoms with Crippen LogP contribution in [0.5, 0.6) is 0 Å². The number of nitrogens with one attached hydrogen (secondary N) is 2. The smallest absolute Gasteiger partial charge is 0.256 e. The van der Waals surface area contributed by atoms with Crippen LogP contribution in [0, 0.1) is 0 Å². The van der Waals surface area contributed by atoms with Crippen LogP contribution in [-0.2, 0) is 24.3 Å². The highest BCUT2D eigenvalue weighted by atomic mass is 35.5. The van der Waals surface area contributed by atoms with Crippen molar-refractivity contribution in [1.29, 1.82) is 0 Å². The lowest BCUT2D eigenvalue weighted by molar-refractivity contribution is -0.113. The van der Waals surface area contributed by atoms with Crippen molar-refractivity contribution in [2.24, 2.45) is 0 Å². The van der Waals surface area contributed by atoms with Gasteiger partial charge in [0.15, 0.2) is 5.16 Å². The van der Waals surface area contributed by atoms with Gasteiger partial charge in [0.1, 0.15) is 0 Å². The van der Waals surface area contributed by atoms with Crippen molar-refractivity contribution >= 4 is 35.0 Å². The van der Waals surface area contributed by atoms with Gasteiger partial charge in [-0.25, -0.2) is 4.98 Å². The molecule has 1 aliphatic rings. The van der Waals surface area contributed by atoms with Crippen molar-refractivity contribution in [2.45, 2.75) is 24.7 Å². The monoisotopic (exact) mass is 440 g/mol. The number of carbonyl (C=O) groups excluding carboxylic acids is 1. The number of hydrogen-bond acceptors (Lipinski definition) is 5. The molecule has 2 N–H and O–H groups in total. The molecular weight excluding hydrogens is 420 g/mol. The predicted octanol–water partition coefficient (Wildman–Crippen LogP) is 3.71. The third kappa shape index (κ3) is 5.11. The number of hydrogen-bond donors (Lipinski definition) is 2. The summed E-state index contributed by atoms with van der Waals surface area (Å²) in [5, 5.41) is 3.71. The first-order chi connectivity index (χ1) is 14.6. The molecule has 1 amide bonds. The molecule has 2 aromatic carbocycles. The summed E-state index contributed by atoms with van der Waals surface area (Å²) in [5.74, 6) is -0.0740. The average Bonchev–Trinajstić information content (AvgIpc) is 2.75. The highest BCUT2D eigenvalue weighted by molar-refractivity contribution is 7.99. The van der Waals surface area contributed by atoms with Gasteiger partial charge in [-0.1, -0.05) is 65.8 Å². The minimum Gasteiger partial charge on any atom is -0.324 e. The van der Waals surface area contributed by atoms with E-state index in [4.69, 9.17) is 11.6 Å². The van der Waals surface area contributed by atoms with Crippen LogP contribution in [0.4, 0.5) is 5.69 Å². The quantitative estimate of drug-likeness (QED) is 0.451. The zero-order valence-electron chi connectivity index (χ0n) is 16.2. The van der Waals surface area contributed by atoms with Gasteiger partial charge in [-0.05, 0) is 17.7 Å². The van der Waals surface area contributed by atoms with E-state index in [1.165, 1.54) is 17.3 Å².